The van der Waals surface area contributed by atoms with Gasteiger partial charge in [0.2, 0.25) is 0 Å². The minimum absolute atomic E-state index is 0.611. The van der Waals surface area contributed by atoms with E-state index in [2.05, 4.69) is 22.6 Å². The number of hydrogen-bond acceptors (Lipinski definition) is 2. The van der Waals surface area contributed by atoms with Crippen LogP contribution in [0.25, 0.3) is 0 Å². The molecule has 1 atom stereocenters. The highest BCUT2D eigenvalue weighted by atomic mass is 127. The predicted octanol–water partition coefficient (Wildman–Crippen LogP) is 4.03. The van der Waals surface area contributed by atoms with Gasteiger partial charge in [-0.05, 0) is 52.4 Å². The molecule has 1 unspecified atom stereocenters. The van der Waals surface area contributed by atoms with Gasteiger partial charge in [-0.1, -0.05) is 29.8 Å². The quantitative estimate of drug-likeness (QED) is 0.822. The second-order valence-corrected chi connectivity index (χ2v) is 5.41. The molecular formula is C14H12ClIO2. The molecule has 94 valence electrons. The molecule has 0 radical (unpaired) electrons. The van der Waals surface area contributed by atoms with Gasteiger partial charge in [-0.15, -0.1) is 0 Å². The van der Waals surface area contributed by atoms with Crippen LogP contribution in [-0.2, 0) is 0 Å². The van der Waals surface area contributed by atoms with E-state index in [0.717, 1.165) is 14.7 Å². The number of methoxy groups -OCH3 is 1. The van der Waals surface area contributed by atoms with Gasteiger partial charge in [0.1, 0.15) is 11.9 Å². The van der Waals surface area contributed by atoms with E-state index in [0.29, 0.717) is 10.8 Å². The topological polar surface area (TPSA) is 29.5 Å². The van der Waals surface area contributed by atoms with Crippen molar-refractivity contribution in [3.05, 3.63) is 62.2 Å². The zero-order valence-electron chi connectivity index (χ0n) is 9.73. The standard InChI is InChI=1S/C14H12ClIO2/c1-18-13-5-3-2-4-10(13)14(17)11-8-9(15)6-7-12(11)16/h2-8,14,17H,1H3. The van der Waals surface area contributed by atoms with Gasteiger partial charge < -0.3 is 9.84 Å². The Bertz CT molecular complexity index is 557. The van der Waals surface area contributed by atoms with Gasteiger partial charge in [0, 0.05) is 14.2 Å². The third kappa shape index (κ3) is 2.79. The molecule has 0 aliphatic heterocycles. The molecule has 0 aliphatic rings. The van der Waals surface area contributed by atoms with Crippen molar-refractivity contribution >= 4 is 34.2 Å². The van der Waals surface area contributed by atoms with Crippen molar-refractivity contribution in [2.24, 2.45) is 0 Å². The molecule has 0 saturated carbocycles. The maximum atomic E-state index is 10.5. The SMILES string of the molecule is COc1ccccc1C(O)c1cc(Cl)ccc1I. The number of halogens is 2. The van der Waals surface area contributed by atoms with Crippen molar-refractivity contribution in [3.8, 4) is 5.75 Å². The molecule has 4 heteroatoms. The van der Waals surface area contributed by atoms with Crippen LogP contribution in [0.3, 0.4) is 0 Å². The summed E-state index contributed by atoms with van der Waals surface area (Å²) in [5.41, 5.74) is 1.52. The van der Waals surface area contributed by atoms with E-state index in [1.807, 2.05) is 36.4 Å². The minimum atomic E-state index is -0.744. The molecule has 0 spiro atoms. The molecule has 0 saturated heterocycles. The van der Waals surface area contributed by atoms with E-state index < -0.39 is 6.10 Å². The molecule has 2 aromatic rings. The van der Waals surface area contributed by atoms with Crippen LogP contribution in [0, 0.1) is 3.57 Å². The van der Waals surface area contributed by atoms with Crippen LogP contribution in [0.2, 0.25) is 5.02 Å². The molecule has 2 aromatic carbocycles. The fourth-order valence-electron chi connectivity index (χ4n) is 1.78. The Labute approximate surface area is 125 Å². The van der Waals surface area contributed by atoms with Crippen molar-refractivity contribution in [1.82, 2.24) is 0 Å². The number of aliphatic hydroxyl groups excluding tert-OH is 1. The summed E-state index contributed by atoms with van der Waals surface area (Å²) in [7, 11) is 1.59. The molecule has 0 amide bonds. The van der Waals surface area contributed by atoms with E-state index >= 15 is 0 Å². The summed E-state index contributed by atoms with van der Waals surface area (Å²) >= 11 is 8.16. The Morgan fingerprint density at radius 3 is 2.61 bits per heavy atom. The van der Waals surface area contributed by atoms with E-state index in [-0.39, 0.29) is 0 Å². The fraction of sp³-hybridized carbons (Fsp3) is 0.143. The summed E-state index contributed by atoms with van der Waals surface area (Å²) in [6.07, 6.45) is -0.744. The fourth-order valence-corrected chi connectivity index (χ4v) is 2.60. The van der Waals surface area contributed by atoms with E-state index in [1.54, 1.807) is 13.2 Å². The Kier molecular flexibility index (Phi) is 4.48. The molecule has 0 fully saturated rings. The highest BCUT2D eigenvalue weighted by Gasteiger charge is 2.17. The lowest BCUT2D eigenvalue weighted by Crippen LogP contribution is -2.04. The van der Waals surface area contributed by atoms with Gasteiger partial charge in [-0.3, -0.25) is 0 Å². The molecule has 1 N–H and O–H groups in total. The lowest BCUT2D eigenvalue weighted by Gasteiger charge is -2.16. The summed E-state index contributed by atoms with van der Waals surface area (Å²) in [6.45, 7) is 0. The second-order valence-electron chi connectivity index (χ2n) is 3.81. The Morgan fingerprint density at radius 2 is 1.89 bits per heavy atom. The summed E-state index contributed by atoms with van der Waals surface area (Å²) in [5.74, 6) is 0.667. The number of rotatable bonds is 3. The van der Waals surface area contributed by atoms with Crippen molar-refractivity contribution < 1.29 is 9.84 Å². The predicted molar refractivity (Wildman–Crippen MR) is 81.2 cm³/mol. The Morgan fingerprint density at radius 1 is 1.17 bits per heavy atom. The van der Waals surface area contributed by atoms with E-state index in [9.17, 15) is 5.11 Å². The first-order valence-corrected chi connectivity index (χ1v) is 6.85. The summed E-state index contributed by atoms with van der Waals surface area (Å²) in [5, 5.41) is 11.1. The number of ether oxygens (including phenoxy) is 1. The van der Waals surface area contributed by atoms with Gasteiger partial charge in [0.05, 0.1) is 7.11 Å². The highest BCUT2D eigenvalue weighted by molar-refractivity contribution is 14.1. The first-order valence-electron chi connectivity index (χ1n) is 5.39. The van der Waals surface area contributed by atoms with Crippen LogP contribution in [0.15, 0.2) is 42.5 Å². The average Bonchev–Trinajstić information content (AvgIpc) is 2.40. The number of aliphatic hydroxyl groups is 1. The minimum Gasteiger partial charge on any atom is -0.496 e. The highest BCUT2D eigenvalue weighted by Crippen LogP contribution is 2.33. The monoisotopic (exact) mass is 374 g/mol. The summed E-state index contributed by atoms with van der Waals surface area (Å²) in [6, 6.07) is 12.9. The summed E-state index contributed by atoms with van der Waals surface area (Å²) < 4.78 is 6.23. The van der Waals surface area contributed by atoms with Gasteiger partial charge >= 0.3 is 0 Å². The van der Waals surface area contributed by atoms with Crippen LogP contribution in [0.5, 0.6) is 5.75 Å². The average molecular weight is 375 g/mol. The van der Waals surface area contributed by atoms with Crippen molar-refractivity contribution in [3.63, 3.8) is 0 Å². The molecule has 0 aliphatic carbocycles. The maximum Gasteiger partial charge on any atom is 0.125 e. The van der Waals surface area contributed by atoms with Crippen LogP contribution in [0.1, 0.15) is 17.2 Å². The van der Waals surface area contributed by atoms with Crippen LogP contribution in [-0.4, -0.2) is 12.2 Å². The van der Waals surface area contributed by atoms with Crippen molar-refractivity contribution in [2.75, 3.05) is 7.11 Å². The number of hydrogen-bond donors (Lipinski definition) is 1. The van der Waals surface area contributed by atoms with Crippen LogP contribution in [0.4, 0.5) is 0 Å². The smallest absolute Gasteiger partial charge is 0.125 e. The zero-order chi connectivity index (χ0) is 13.1. The molecule has 18 heavy (non-hydrogen) atoms. The third-order valence-electron chi connectivity index (χ3n) is 2.69. The molecule has 2 nitrogen and oxygen atoms in total. The van der Waals surface area contributed by atoms with E-state index in [1.165, 1.54) is 0 Å². The van der Waals surface area contributed by atoms with Crippen molar-refractivity contribution in [1.29, 1.82) is 0 Å². The maximum absolute atomic E-state index is 10.5. The van der Waals surface area contributed by atoms with Crippen molar-refractivity contribution in [2.45, 2.75) is 6.10 Å². The molecule has 0 heterocycles. The molecule has 0 bridgehead atoms. The number of para-hydroxylation sites is 1. The lowest BCUT2D eigenvalue weighted by molar-refractivity contribution is 0.214. The van der Waals surface area contributed by atoms with Gasteiger partial charge in [-0.2, -0.15) is 0 Å². The molecule has 2 rings (SSSR count). The largest absolute Gasteiger partial charge is 0.496 e. The Hall–Kier alpha value is -0.780. The van der Waals surface area contributed by atoms with Crippen LogP contribution >= 0.6 is 34.2 Å². The normalized spacial score (nSPS) is 12.2. The van der Waals surface area contributed by atoms with Gasteiger partial charge in [0.25, 0.3) is 0 Å². The zero-order valence-corrected chi connectivity index (χ0v) is 12.6. The van der Waals surface area contributed by atoms with Gasteiger partial charge in [0.15, 0.2) is 0 Å². The van der Waals surface area contributed by atoms with Crippen LogP contribution < -0.4 is 4.74 Å². The third-order valence-corrected chi connectivity index (χ3v) is 3.90. The van der Waals surface area contributed by atoms with Gasteiger partial charge in [-0.25, -0.2) is 0 Å². The van der Waals surface area contributed by atoms with E-state index in [4.69, 9.17) is 16.3 Å². The number of benzene rings is 2. The second kappa shape index (κ2) is 5.91. The molecular weight excluding hydrogens is 363 g/mol. The summed E-state index contributed by atoms with van der Waals surface area (Å²) in [4.78, 5) is 0. The Balaban J connectivity index is 2.47. The first-order chi connectivity index (χ1) is 8.63. The first kappa shape index (κ1) is 13.6. The molecule has 0 aromatic heterocycles. The lowest BCUT2D eigenvalue weighted by atomic mass is 10.0.